The lowest BCUT2D eigenvalue weighted by molar-refractivity contribution is -0.147. The third-order valence-electron chi connectivity index (χ3n) is 5.13. The minimum Gasteiger partial charge on any atom is -0.467 e. The molecule has 146 valence electrons. The highest BCUT2D eigenvalue weighted by Crippen LogP contribution is 2.26. The van der Waals surface area contributed by atoms with Crippen LogP contribution in [0.4, 0.5) is 4.79 Å². The molecule has 2 aliphatic heterocycles. The highest BCUT2D eigenvalue weighted by molar-refractivity contribution is 5.98. The average Bonchev–Trinajstić information content (AvgIpc) is 2.72. The van der Waals surface area contributed by atoms with Crippen LogP contribution in [0.3, 0.4) is 0 Å². The summed E-state index contributed by atoms with van der Waals surface area (Å²) in [5, 5.41) is 0. The molecular weight excluding hydrogens is 350 g/mol. The number of piperidine rings is 1. The highest BCUT2D eigenvalue weighted by atomic mass is 16.6. The normalized spacial score (nSPS) is 19.3. The van der Waals surface area contributed by atoms with E-state index in [2.05, 4.69) is 4.98 Å². The van der Waals surface area contributed by atoms with Crippen molar-refractivity contribution in [3.05, 3.63) is 29.1 Å². The summed E-state index contributed by atoms with van der Waals surface area (Å²) in [6.45, 7) is 3.46. The lowest BCUT2D eigenvalue weighted by atomic mass is 9.94. The third kappa shape index (κ3) is 3.89. The monoisotopic (exact) mass is 375 g/mol. The minimum absolute atomic E-state index is 0.195. The number of rotatable bonds is 3. The van der Waals surface area contributed by atoms with Gasteiger partial charge in [0.25, 0.3) is 5.91 Å². The zero-order valence-corrected chi connectivity index (χ0v) is 15.8. The third-order valence-corrected chi connectivity index (χ3v) is 5.13. The molecule has 1 atom stereocenters. The number of esters is 1. The van der Waals surface area contributed by atoms with Crippen molar-refractivity contribution in [2.45, 2.75) is 45.2 Å². The molecule has 0 aliphatic carbocycles. The van der Waals surface area contributed by atoms with E-state index in [0.29, 0.717) is 44.6 Å². The molecule has 1 unspecified atom stereocenters. The first-order valence-corrected chi connectivity index (χ1v) is 9.33. The van der Waals surface area contributed by atoms with E-state index in [1.807, 2.05) is 0 Å². The van der Waals surface area contributed by atoms with Gasteiger partial charge in [0.1, 0.15) is 6.04 Å². The summed E-state index contributed by atoms with van der Waals surface area (Å²) in [4.78, 5) is 44.7. The number of pyridine rings is 1. The Kier molecular flexibility index (Phi) is 5.93. The van der Waals surface area contributed by atoms with E-state index in [1.165, 1.54) is 7.11 Å². The van der Waals surface area contributed by atoms with Crippen molar-refractivity contribution in [2.24, 2.45) is 0 Å². The summed E-state index contributed by atoms with van der Waals surface area (Å²) in [6, 6.07) is -0.549. The Bertz CT molecular complexity index is 736. The van der Waals surface area contributed by atoms with Gasteiger partial charge in [-0.1, -0.05) is 0 Å². The number of aromatic nitrogens is 1. The number of amides is 2. The van der Waals surface area contributed by atoms with Crippen molar-refractivity contribution in [1.29, 1.82) is 0 Å². The summed E-state index contributed by atoms with van der Waals surface area (Å²) in [5.74, 6) is -0.576. The number of hydrogen-bond acceptors (Lipinski definition) is 6. The first-order valence-electron chi connectivity index (χ1n) is 9.33. The number of hydrogen-bond donors (Lipinski definition) is 0. The number of nitrogens with zero attached hydrogens (tertiary/aromatic N) is 3. The number of fused-ring (bicyclic) bond motifs is 1. The topological polar surface area (TPSA) is 89.0 Å². The first kappa shape index (κ1) is 19.1. The Morgan fingerprint density at radius 2 is 2.04 bits per heavy atom. The maximum atomic E-state index is 13.2. The van der Waals surface area contributed by atoms with Gasteiger partial charge >= 0.3 is 12.1 Å². The van der Waals surface area contributed by atoms with Crippen molar-refractivity contribution < 1.29 is 23.9 Å². The second kappa shape index (κ2) is 8.37. The predicted octanol–water partition coefficient (Wildman–Crippen LogP) is 1.76. The van der Waals surface area contributed by atoms with Crippen molar-refractivity contribution in [3.63, 3.8) is 0 Å². The fourth-order valence-electron chi connectivity index (χ4n) is 3.76. The van der Waals surface area contributed by atoms with Gasteiger partial charge in [0.05, 0.1) is 25.8 Å². The maximum absolute atomic E-state index is 13.2. The van der Waals surface area contributed by atoms with Crippen molar-refractivity contribution in [2.75, 3.05) is 26.8 Å². The second-order valence-corrected chi connectivity index (χ2v) is 6.73. The molecule has 1 fully saturated rings. The first-order chi connectivity index (χ1) is 13.1. The summed E-state index contributed by atoms with van der Waals surface area (Å²) in [7, 11) is 1.34. The molecule has 3 heterocycles. The van der Waals surface area contributed by atoms with E-state index in [0.717, 1.165) is 24.0 Å². The van der Waals surface area contributed by atoms with Gasteiger partial charge in [-0.25, -0.2) is 9.59 Å². The zero-order valence-electron chi connectivity index (χ0n) is 15.8. The van der Waals surface area contributed by atoms with Gasteiger partial charge in [-0.15, -0.1) is 0 Å². The fraction of sp³-hybridized carbons (Fsp3) is 0.579. The van der Waals surface area contributed by atoms with E-state index < -0.39 is 6.04 Å². The van der Waals surface area contributed by atoms with Crippen LogP contribution in [-0.2, 0) is 27.2 Å². The Morgan fingerprint density at radius 3 is 2.78 bits per heavy atom. The number of carbonyl (C=O) groups is 3. The summed E-state index contributed by atoms with van der Waals surface area (Å²) in [5.41, 5.74) is 2.24. The molecule has 8 heteroatoms. The lowest BCUT2D eigenvalue weighted by Gasteiger charge is -2.35. The second-order valence-electron chi connectivity index (χ2n) is 6.73. The predicted molar refractivity (Wildman–Crippen MR) is 96.1 cm³/mol. The van der Waals surface area contributed by atoms with Crippen LogP contribution in [-0.4, -0.2) is 65.6 Å². The Balaban J connectivity index is 1.84. The molecule has 0 saturated carbocycles. The minimum atomic E-state index is -0.549. The van der Waals surface area contributed by atoms with Crippen LogP contribution in [0.25, 0.3) is 0 Å². The van der Waals surface area contributed by atoms with Crippen molar-refractivity contribution >= 4 is 18.0 Å². The summed E-state index contributed by atoms with van der Waals surface area (Å²) < 4.78 is 9.94. The molecule has 8 nitrogen and oxygen atoms in total. The van der Waals surface area contributed by atoms with Crippen molar-refractivity contribution in [1.82, 2.24) is 14.8 Å². The zero-order chi connectivity index (χ0) is 19.4. The number of methoxy groups -OCH3 is 1. The van der Waals surface area contributed by atoms with E-state index in [9.17, 15) is 14.4 Å². The van der Waals surface area contributed by atoms with Gasteiger partial charge in [-0.05, 0) is 43.7 Å². The standard InChI is InChI=1S/C19H25N3O5/c1-3-27-19(25)21-9-7-14-13(12-21)10-20-11-15(14)17(23)22-8-5-4-6-16(22)18(24)26-2/h10-11,16H,3-9,12H2,1-2H3. The molecule has 0 spiro atoms. The Hall–Kier alpha value is -2.64. The fourth-order valence-corrected chi connectivity index (χ4v) is 3.76. The van der Waals surface area contributed by atoms with Gasteiger partial charge < -0.3 is 19.3 Å². The maximum Gasteiger partial charge on any atom is 0.410 e. The molecule has 3 rings (SSSR count). The molecule has 1 aromatic heterocycles. The smallest absolute Gasteiger partial charge is 0.410 e. The highest BCUT2D eigenvalue weighted by Gasteiger charge is 2.35. The molecule has 0 radical (unpaired) electrons. The average molecular weight is 375 g/mol. The Morgan fingerprint density at radius 1 is 1.22 bits per heavy atom. The van der Waals surface area contributed by atoms with Gasteiger partial charge in [0.2, 0.25) is 0 Å². The van der Waals surface area contributed by atoms with E-state index in [-0.39, 0.29) is 18.0 Å². The van der Waals surface area contributed by atoms with Crippen LogP contribution >= 0.6 is 0 Å². The summed E-state index contributed by atoms with van der Waals surface area (Å²) >= 11 is 0. The molecule has 0 N–H and O–H groups in total. The van der Waals surface area contributed by atoms with Crippen LogP contribution in [0, 0.1) is 0 Å². The molecule has 0 aromatic carbocycles. The van der Waals surface area contributed by atoms with Gasteiger partial charge in [-0.2, -0.15) is 0 Å². The van der Waals surface area contributed by atoms with E-state index >= 15 is 0 Å². The molecule has 27 heavy (non-hydrogen) atoms. The molecule has 2 aliphatic rings. The quantitative estimate of drug-likeness (QED) is 0.748. The van der Waals surface area contributed by atoms with Crippen LogP contribution in [0.1, 0.15) is 47.7 Å². The molecule has 2 amide bonds. The number of likely N-dealkylation sites (tertiary alicyclic amines) is 1. The summed E-state index contributed by atoms with van der Waals surface area (Å²) in [6.07, 6.45) is 5.80. The van der Waals surface area contributed by atoms with Crippen LogP contribution in [0.2, 0.25) is 0 Å². The van der Waals surface area contributed by atoms with Gasteiger partial charge in [0.15, 0.2) is 0 Å². The number of ether oxygens (including phenoxy) is 2. The lowest BCUT2D eigenvalue weighted by Crippen LogP contribution is -2.49. The van der Waals surface area contributed by atoms with Gasteiger partial charge in [-0.3, -0.25) is 9.78 Å². The largest absolute Gasteiger partial charge is 0.467 e. The van der Waals surface area contributed by atoms with Crippen molar-refractivity contribution in [3.8, 4) is 0 Å². The molecular formula is C19H25N3O5. The SMILES string of the molecule is CCOC(=O)N1CCc2c(cncc2C(=O)N2CCCCC2C(=O)OC)C1. The van der Waals surface area contributed by atoms with E-state index in [1.54, 1.807) is 29.1 Å². The molecule has 1 aromatic rings. The molecule has 1 saturated heterocycles. The molecule has 0 bridgehead atoms. The number of carbonyl (C=O) groups excluding carboxylic acids is 3. The van der Waals surface area contributed by atoms with E-state index in [4.69, 9.17) is 9.47 Å². The van der Waals surface area contributed by atoms with Crippen LogP contribution in [0.15, 0.2) is 12.4 Å². The van der Waals surface area contributed by atoms with Gasteiger partial charge in [0, 0.05) is 25.5 Å². The Labute approximate surface area is 158 Å². The van der Waals surface area contributed by atoms with Crippen LogP contribution < -0.4 is 0 Å². The van der Waals surface area contributed by atoms with Crippen LogP contribution in [0.5, 0.6) is 0 Å².